The Morgan fingerprint density at radius 3 is 2.62 bits per heavy atom. The van der Waals surface area contributed by atoms with Crippen molar-refractivity contribution in [3.8, 4) is 0 Å². The van der Waals surface area contributed by atoms with Gasteiger partial charge in [-0.05, 0) is 13.8 Å². The third-order valence-electron chi connectivity index (χ3n) is 2.37. The van der Waals surface area contributed by atoms with E-state index in [0.717, 1.165) is 0 Å². The summed E-state index contributed by atoms with van der Waals surface area (Å²) >= 11 is 0. The second-order valence-electron chi connectivity index (χ2n) is 3.87. The SMILES string of the molecule is CCn1ccnc(NC(C)(CO)CO)c1=O. The summed E-state index contributed by atoms with van der Waals surface area (Å²) in [6.07, 6.45) is 3.09. The molecular weight excluding hydrogens is 210 g/mol. The molecule has 0 aromatic carbocycles. The number of nitrogens with one attached hydrogen (secondary N) is 1. The van der Waals surface area contributed by atoms with E-state index < -0.39 is 5.54 Å². The van der Waals surface area contributed by atoms with Gasteiger partial charge in [0, 0.05) is 18.9 Å². The molecule has 1 heterocycles. The molecule has 0 fully saturated rings. The largest absolute Gasteiger partial charge is 0.394 e. The Kier molecular flexibility index (Phi) is 4.03. The third-order valence-corrected chi connectivity index (χ3v) is 2.37. The first kappa shape index (κ1) is 12.7. The summed E-state index contributed by atoms with van der Waals surface area (Å²) in [4.78, 5) is 15.7. The predicted molar refractivity (Wildman–Crippen MR) is 60.4 cm³/mol. The van der Waals surface area contributed by atoms with E-state index >= 15 is 0 Å². The van der Waals surface area contributed by atoms with E-state index in [0.29, 0.717) is 6.54 Å². The molecule has 1 rings (SSSR count). The highest BCUT2D eigenvalue weighted by Gasteiger charge is 2.23. The second kappa shape index (κ2) is 5.09. The summed E-state index contributed by atoms with van der Waals surface area (Å²) in [6, 6.07) is 0. The molecule has 0 aliphatic rings. The Morgan fingerprint density at radius 2 is 2.12 bits per heavy atom. The highest BCUT2D eigenvalue weighted by Crippen LogP contribution is 2.08. The fraction of sp³-hybridized carbons (Fsp3) is 0.600. The average Bonchev–Trinajstić information content (AvgIpc) is 2.32. The molecule has 1 aromatic rings. The van der Waals surface area contributed by atoms with Crippen molar-refractivity contribution in [2.24, 2.45) is 0 Å². The number of anilines is 1. The van der Waals surface area contributed by atoms with Gasteiger partial charge in [-0.1, -0.05) is 0 Å². The van der Waals surface area contributed by atoms with Crippen LogP contribution in [0.1, 0.15) is 13.8 Å². The van der Waals surface area contributed by atoms with Crippen LogP contribution >= 0.6 is 0 Å². The maximum atomic E-state index is 11.8. The molecule has 0 aliphatic heterocycles. The molecule has 0 unspecified atom stereocenters. The highest BCUT2D eigenvalue weighted by molar-refractivity contribution is 5.34. The lowest BCUT2D eigenvalue weighted by Crippen LogP contribution is -2.44. The number of aliphatic hydroxyl groups excluding tert-OH is 2. The van der Waals surface area contributed by atoms with Gasteiger partial charge >= 0.3 is 0 Å². The van der Waals surface area contributed by atoms with Gasteiger partial charge in [-0.25, -0.2) is 4.98 Å². The summed E-state index contributed by atoms with van der Waals surface area (Å²) in [7, 11) is 0. The van der Waals surface area contributed by atoms with Gasteiger partial charge in [0.2, 0.25) is 0 Å². The molecule has 0 bridgehead atoms. The van der Waals surface area contributed by atoms with Gasteiger partial charge < -0.3 is 20.1 Å². The van der Waals surface area contributed by atoms with E-state index in [4.69, 9.17) is 10.2 Å². The van der Waals surface area contributed by atoms with Crippen LogP contribution in [0.25, 0.3) is 0 Å². The number of aromatic nitrogens is 2. The fourth-order valence-corrected chi connectivity index (χ4v) is 1.20. The predicted octanol–water partition coefficient (Wildman–Crippen LogP) is -0.582. The number of aliphatic hydroxyl groups is 2. The molecule has 6 heteroatoms. The van der Waals surface area contributed by atoms with Crippen LogP contribution in [0.3, 0.4) is 0 Å². The van der Waals surface area contributed by atoms with Gasteiger partial charge in [0.15, 0.2) is 5.82 Å². The molecule has 0 spiro atoms. The highest BCUT2D eigenvalue weighted by atomic mass is 16.3. The van der Waals surface area contributed by atoms with Crippen molar-refractivity contribution in [2.75, 3.05) is 18.5 Å². The van der Waals surface area contributed by atoms with Crippen LogP contribution in [0.5, 0.6) is 0 Å². The first-order chi connectivity index (χ1) is 7.56. The molecule has 0 amide bonds. The number of nitrogens with zero attached hydrogens (tertiary/aromatic N) is 2. The van der Waals surface area contributed by atoms with Crippen molar-refractivity contribution in [3.05, 3.63) is 22.7 Å². The summed E-state index contributed by atoms with van der Waals surface area (Å²) in [6.45, 7) is 3.43. The van der Waals surface area contributed by atoms with E-state index in [1.807, 2.05) is 6.92 Å². The molecule has 90 valence electrons. The lowest BCUT2D eigenvalue weighted by atomic mass is 10.1. The zero-order valence-electron chi connectivity index (χ0n) is 9.47. The van der Waals surface area contributed by atoms with E-state index in [1.165, 1.54) is 10.8 Å². The minimum absolute atomic E-state index is 0.134. The molecule has 0 saturated carbocycles. The van der Waals surface area contributed by atoms with Crippen LogP contribution < -0.4 is 10.9 Å². The molecule has 0 atom stereocenters. The van der Waals surface area contributed by atoms with Crippen LogP contribution in [0.2, 0.25) is 0 Å². The van der Waals surface area contributed by atoms with E-state index in [1.54, 1.807) is 13.1 Å². The van der Waals surface area contributed by atoms with Crippen molar-refractivity contribution >= 4 is 5.82 Å². The minimum Gasteiger partial charge on any atom is -0.394 e. The Balaban J connectivity index is 3.02. The molecule has 3 N–H and O–H groups in total. The Bertz CT molecular complexity index is 399. The Labute approximate surface area is 93.6 Å². The Hall–Kier alpha value is -1.40. The minimum atomic E-state index is -0.945. The quantitative estimate of drug-likeness (QED) is 0.626. The molecule has 1 aromatic heterocycles. The van der Waals surface area contributed by atoms with Crippen molar-refractivity contribution in [2.45, 2.75) is 25.9 Å². The van der Waals surface area contributed by atoms with E-state index in [-0.39, 0.29) is 24.6 Å². The molecule has 16 heavy (non-hydrogen) atoms. The fourth-order valence-electron chi connectivity index (χ4n) is 1.20. The maximum Gasteiger partial charge on any atom is 0.293 e. The summed E-state index contributed by atoms with van der Waals surface area (Å²) in [5.41, 5.74) is -1.21. The van der Waals surface area contributed by atoms with Crippen molar-refractivity contribution in [1.82, 2.24) is 9.55 Å². The number of hydrogen-bond acceptors (Lipinski definition) is 5. The maximum absolute atomic E-state index is 11.8. The molecule has 6 nitrogen and oxygen atoms in total. The van der Waals surface area contributed by atoms with Gasteiger partial charge in [-0.3, -0.25) is 4.79 Å². The van der Waals surface area contributed by atoms with Gasteiger partial charge in [-0.15, -0.1) is 0 Å². The lowest BCUT2D eigenvalue weighted by Gasteiger charge is -2.26. The van der Waals surface area contributed by atoms with Crippen molar-refractivity contribution in [1.29, 1.82) is 0 Å². The monoisotopic (exact) mass is 227 g/mol. The van der Waals surface area contributed by atoms with E-state index in [9.17, 15) is 4.79 Å². The van der Waals surface area contributed by atoms with Crippen LogP contribution in [0.15, 0.2) is 17.2 Å². The zero-order chi connectivity index (χ0) is 12.2. The molecule has 0 radical (unpaired) electrons. The number of hydrogen-bond donors (Lipinski definition) is 3. The van der Waals surface area contributed by atoms with Gasteiger partial charge in [-0.2, -0.15) is 0 Å². The van der Waals surface area contributed by atoms with Gasteiger partial charge in [0.25, 0.3) is 5.56 Å². The van der Waals surface area contributed by atoms with Crippen molar-refractivity contribution in [3.63, 3.8) is 0 Å². The molecule has 0 saturated heterocycles. The first-order valence-electron chi connectivity index (χ1n) is 5.11. The zero-order valence-corrected chi connectivity index (χ0v) is 9.47. The third kappa shape index (κ3) is 2.59. The van der Waals surface area contributed by atoms with Gasteiger partial charge in [0.1, 0.15) is 0 Å². The van der Waals surface area contributed by atoms with Crippen LogP contribution in [-0.4, -0.2) is 38.5 Å². The number of aryl methyl sites for hydroxylation is 1. The summed E-state index contributed by atoms with van der Waals surface area (Å²) < 4.78 is 1.49. The van der Waals surface area contributed by atoms with Crippen molar-refractivity contribution < 1.29 is 10.2 Å². The molecular formula is C10H17N3O3. The topological polar surface area (TPSA) is 87.4 Å². The lowest BCUT2D eigenvalue weighted by molar-refractivity contribution is 0.147. The van der Waals surface area contributed by atoms with E-state index in [2.05, 4.69) is 10.3 Å². The average molecular weight is 227 g/mol. The first-order valence-corrected chi connectivity index (χ1v) is 5.11. The Morgan fingerprint density at radius 1 is 1.50 bits per heavy atom. The smallest absolute Gasteiger partial charge is 0.293 e. The van der Waals surface area contributed by atoms with Gasteiger partial charge in [0.05, 0.1) is 18.8 Å². The number of rotatable bonds is 5. The summed E-state index contributed by atoms with van der Waals surface area (Å²) in [5.74, 6) is 0.134. The molecule has 0 aliphatic carbocycles. The van der Waals surface area contributed by atoms with Crippen LogP contribution in [0, 0.1) is 0 Å². The summed E-state index contributed by atoms with van der Waals surface area (Å²) in [5, 5.41) is 21.0. The second-order valence-corrected chi connectivity index (χ2v) is 3.87. The van der Waals surface area contributed by atoms with Crippen LogP contribution in [-0.2, 0) is 6.54 Å². The van der Waals surface area contributed by atoms with Crippen LogP contribution in [0.4, 0.5) is 5.82 Å². The standard InChI is InChI=1S/C10H17N3O3/c1-3-13-5-4-11-8(9(13)16)12-10(2,6-14)7-15/h4-5,14-15H,3,6-7H2,1-2H3,(H,11,12). The normalized spacial score (nSPS) is 11.5.